The number of nitrogens with one attached hydrogen (secondary N) is 3. The summed E-state index contributed by atoms with van der Waals surface area (Å²) in [4.78, 5) is 34.6. The number of amides is 2. The largest absolute Gasteiger partial charge is 0.383 e. The number of anilines is 2. The van der Waals surface area contributed by atoms with Crippen LogP contribution in [0.3, 0.4) is 0 Å². The Hall–Kier alpha value is -3.46. The van der Waals surface area contributed by atoms with E-state index in [1.165, 1.54) is 0 Å². The molecule has 1 atom stereocenters. The van der Waals surface area contributed by atoms with Gasteiger partial charge in [-0.25, -0.2) is 9.97 Å². The Morgan fingerprint density at radius 2 is 1.65 bits per heavy atom. The Labute approximate surface area is 227 Å². The van der Waals surface area contributed by atoms with Crippen molar-refractivity contribution in [2.24, 2.45) is 0 Å². The van der Waals surface area contributed by atoms with Crippen LogP contribution in [0.2, 0.25) is 0 Å². The Kier molecular flexibility index (Phi) is 9.63. The molecule has 1 aromatic carbocycles. The van der Waals surface area contributed by atoms with E-state index >= 15 is 0 Å². The number of rotatable bonds is 10. The molecule has 5 N–H and O–H groups in total. The lowest BCUT2D eigenvalue weighted by Gasteiger charge is -2.22. The summed E-state index contributed by atoms with van der Waals surface area (Å²) in [6.07, 6.45) is 1.62. The normalized spacial score (nSPS) is 11.6. The van der Waals surface area contributed by atoms with Crippen molar-refractivity contribution in [1.82, 2.24) is 20.6 Å². The van der Waals surface area contributed by atoms with Crippen molar-refractivity contribution in [3.05, 3.63) is 80.2 Å². The summed E-state index contributed by atoms with van der Waals surface area (Å²) in [5, 5.41) is 9.33. The first-order valence-electron chi connectivity index (χ1n) is 12.5. The topological polar surface area (TPSA) is 122 Å². The van der Waals surface area contributed by atoms with Crippen LogP contribution < -0.4 is 21.7 Å². The van der Waals surface area contributed by atoms with E-state index in [2.05, 4.69) is 55.7 Å². The van der Waals surface area contributed by atoms with Gasteiger partial charge in [0.2, 0.25) is 0 Å². The van der Waals surface area contributed by atoms with E-state index in [0.29, 0.717) is 18.8 Å². The molecular weight excluding hydrogens is 532 g/mol. The van der Waals surface area contributed by atoms with Crippen molar-refractivity contribution >= 4 is 39.2 Å². The van der Waals surface area contributed by atoms with Crippen molar-refractivity contribution in [2.75, 3.05) is 11.1 Å². The Morgan fingerprint density at radius 3 is 2.24 bits per heavy atom. The number of benzene rings is 1. The number of nitrogens with zero attached hydrogens (tertiary/aromatic N) is 2. The molecule has 0 saturated carbocycles. The van der Waals surface area contributed by atoms with E-state index in [-0.39, 0.29) is 35.8 Å². The number of halogens is 1. The van der Waals surface area contributed by atoms with Gasteiger partial charge in [-0.2, -0.15) is 0 Å². The van der Waals surface area contributed by atoms with Gasteiger partial charge in [0.15, 0.2) is 0 Å². The first-order valence-corrected chi connectivity index (χ1v) is 13.3. The van der Waals surface area contributed by atoms with E-state index in [0.717, 1.165) is 44.5 Å². The quantitative estimate of drug-likeness (QED) is 0.271. The maximum absolute atomic E-state index is 13.0. The summed E-state index contributed by atoms with van der Waals surface area (Å²) in [6.45, 7) is 10.8. The molecular formula is C28H35BrN6O2. The van der Waals surface area contributed by atoms with Gasteiger partial charge >= 0.3 is 0 Å². The van der Waals surface area contributed by atoms with Crippen molar-refractivity contribution < 1.29 is 9.59 Å². The van der Waals surface area contributed by atoms with Gasteiger partial charge in [-0.15, -0.1) is 0 Å². The molecule has 0 spiro atoms. The van der Waals surface area contributed by atoms with E-state index in [4.69, 9.17) is 5.73 Å². The molecule has 0 saturated heterocycles. The van der Waals surface area contributed by atoms with Crippen LogP contribution in [0.4, 0.5) is 11.5 Å². The zero-order chi connectivity index (χ0) is 27.1. The Bertz CT molecular complexity index is 1290. The summed E-state index contributed by atoms with van der Waals surface area (Å²) < 4.78 is 0.983. The molecule has 0 bridgehead atoms. The summed E-state index contributed by atoms with van der Waals surface area (Å²) in [7, 11) is 0. The zero-order valence-electron chi connectivity index (χ0n) is 22.0. The minimum atomic E-state index is -0.372. The molecule has 8 nitrogen and oxygen atoms in total. The lowest BCUT2D eigenvalue weighted by molar-refractivity contribution is 0.0941. The Balaban J connectivity index is 1.73. The zero-order valence-corrected chi connectivity index (χ0v) is 23.6. The van der Waals surface area contributed by atoms with Gasteiger partial charge in [0.25, 0.3) is 11.8 Å². The predicted octanol–water partition coefficient (Wildman–Crippen LogP) is 5.07. The number of hydrogen-bond acceptors (Lipinski definition) is 6. The molecule has 0 aliphatic carbocycles. The monoisotopic (exact) mass is 566 g/mol. The SMILES string of the molecule is CCc1nc(N)c(C)c(NC(C)CC)c1CNC(=O)c1cccc(C(=O)NCc2ccc(C)c(Br)c2)n1. The second kappa shape index (κ2) is 12.7. The predicted molar refractivity (Wildman–Crippen MR) is 152 cm³/mol. The molecule has 2 aromatic heterocycles. The molecule has 3 aromatic rings. The summed E-state index contributed by atoms with van der Waals surface area (Å²) in [6, 6.07) is 11.0. The molecule has 0 aliphatic heterocycles. The van der Waals surface area contributed by atoms with Crippen molar-refractivity contribution in [1.29, 1.82) is 0 Å². The minimum Gasteiger partial charge on any atom is -0.383 e. The molecule has 0 radical (unpaired) electrons. The lowest BCUT2D eigenvalue weighted by atomic mass is 10.0. The third kappa shape index (κ3) is 7.07. The highest BCUT2D eigenvalue weighted by Crippen LogP contribution is 2.28. The number of carbonyl (C=O) groups excluding carboxylic acids is 2. The van der Waals surface area contributed by atoms with Crippen molar-refractivity contribution in [3.63, 3.8) is 0 Å². The Morgan fingerprint density at radius 1 is 1.00 bits per heavy atom. The number of nitrogens with two attached hydrogens (primary N) is 1. The van der Waals surface area contributed by atoms with Gasteiger partial charge in [-0.3, -0.25) is 9.59 Å². The van der Waals surface area contributed by atoms with Crippen LogP contribution in [0.25, 0.3) is 0 Å². The van der Waals surface area contributed by atoms with E-state index in [1.54, 1.807) is 18.2 Å². The van der Waals surface area contributed by atoms with Crippen LogP contribution in [-0.2, 0) is 19.5 Å². The summed E-state index contributed by atoms with van der Waals surface area (Å²) in [5.74, 6) is -0.239. The highest BCUT2D eigenvalue weighted by Gasteiger charge is 2.18. The van der Waals surface area contributed by atoms with E-state index in [1.807, 2.05) is 39.0 Å². The molecule has 1 unspecified atom stereocenters. The first-order chi connectivity index (χ1) is 17.6. The molecule has 9 heteroatoms. The number of hydrogen-bond donors (Lipinski definition) is 4. The van der Waals surface area contributed by atoms with Crippen molar-refractivity contribution in [2.45, 2.75) is 66.6 Å². The fourth-order valence-electron chi connectivity index (χ4n) is 3.79. The van der Waals surface area contributed by atoms with Gasteiger partial charge in [0, 0.05) is 46.1 Å². The van der Waals surface area contributed by atoms with Crippen LogP contribution in [0.15, 0.2) is 40.9 Å². The first kappa shape index (κ1) is 28.1. The molecule has 2 amide bonds. The number of carbonyl (C=O) groups is 2. The fourth-order valence-corrected chi connectivity index (χ4v) is 4.21. The molecule has 0 fully saturated rings. The van der Waals surface area contributed by atoms with Gasteiger partial charge in [-0.1, -0.05) is 48.0 Å². The summed E-state index contributed by atoms with van der Waals surface area (Å²) >= 11 is 3.51. The van der Waals surface area contributed by atoms with Crippen LogP contribution >= 0.6 is 15.9 Å². The third-order valence-corrected chi connectivity index (χ3v) is 7.19. The van der Waals surface area contributed by atoms with Gasteiger partial charge < -0.3 is 21.7 Å². The van der Waals surface area contributed by atoms with Crippen LogP contribution in [-0.4, -0.2) is 27.8 Å². The average Bonchev–Trinajstić information content (AvgIpc) is 2.90. The van der Waals surface area contributed by atoms with Gasteiger partial charge in [-0.05, 0) is 62.9 Å². The van der Waals surface area contributed by atoms with Crippen molar-refractivity contribution in [3.8, 4) is 0 Å². The molecule has 2 heterocycles. The maximum atomic E-state index is 13.0. The highest BCUT2D eigenvalue weighted by molar-refractivity contribution is 9.10. The van der Waals surface area contributed by atoms with Crippen LogP contribution in [0.1, 0.15) is 76.1 Å². The molecule has 37 heavy (non-hydrogen) atoms. The number of nitrogen functional groups attached to an aromatic ring is 1. The number of aromatic nitrogens is 2. The highest BCUT2D eigenvalue weighted by atomic mass is 79.9. The molecule has 3 rings (SSSR count). The van der Waals surface area contributed by atoms with Crippen LogP contribution in [0, 0.1) is 13.8 Å². The van der Waals surface area contributed by atoms with E-state index < -0.39 is 0 Å². The fraction of sp³-hybridized carbons (Fsp3) is 0.357. The standard InChI is InChI=1S/C28H35BrN6O2/c1-6-17(4)33-25-18(5)26(30)35-22(7-2)20(25)15-32-28(37)24-10-8-9-23(34-24)27(36)31-14-19-12-11-16(3)21(29)13-19/h8-13,17H,6-7,14-15H2,1-5H3,(H,31,36)(H,32,37)(H3,30,33,35). The van der Waals surface area contributed by atoms with E-state index in [9.17, 15) is 9.59 Å². The third-order valence-electron chi connectivity index (χ3n) is 6.33. The maximum Gasteiger partial charge on any atom is 0.270 e. The smallest absolute Gasteiger partial charge is 0.270 e. The average molecular weight is 568 g/mol. The van der Waals surface area contributed by atoms with Gasteiger partial charge in [0.1, 0.15) is 17.2 Å². The second-order valence-corrected chi connectivity index (χ2v) is 9.94. The van der Waals surface area contributed by atoms with Crippen LogP contribution in [0.5, 0.6) is 0 Å². The summed E-state index contributed by atoms with van der Waals surface area (Å²) in [5.41, 5.74) is 12.1. The minimum absolute atomic E-state index is 0.167. The number of aryl methyl sites for hydroxylation is 2. The van der Waals surface area contributed by atoms with Gasteiger partial charge in [0.05, 0.1) is 0 Å². The molecule has 196 valence electrons. The molecule has 0 aliphatic rings. The number of pyridine rings is 2. The second-order valence-electron chi connectivity index (χ2n) is 9.09. The lowest BCUT2D eigenvalue weighted by Crippen LogP contribution is -2.28.